The van der Waals surface area contributed by atoms with Gasteiger partial charge in [0.25, 0.3) is 0 Å². The Hall–Kier alpha value is -2.32. The van der Waals surface area contributed by atoms with Crippen LogP contribution in [0, 0.1) is 0 Å². The van der Waals surface area contributed by atoms with Crippen molar-refractivity contribution < 1.29 is 13.2 Å². The molecule has 2 aromatic rings. The fourth-order valence-corrected chi connectivity index (χ4v) is 6.20. The minimum atomic E-state index is -3.50. The van der Waals surface area contributed by atoms with Crippen molar-refractivity contribution in [2.75, 3.05) is 28.8 Å². The van der Waals surface area contributed by atoms with Gasteiger partial charge >= 0.3 is 0 Å². The monoisotopic (exact) mass is 420 g/mol. The average Bonchev–Trinajstić information content (AvgIpc) is 3.13. The van der Waals surface area contributed by atoms with Gasteiger partial charge in [0.2, 0.25) is 15.9 Å². The normalized spacial score (nSPS) is 19.5. The van der Waals surface area contributed by atoms with Gasteiger partial charge in [-0.15, -0.1) is 0 Å². The Morgan fingerprint density at radius 2 is 2.04 bits per heavy atom. The summed E-state index contributed by atoms with van der Waals surface area (Å²) in [5, 5.41) is -0.248. The number of amides is 1. The zero-order chi connectivity index (χ0) is 19.9. The third-order valence-corrected chi connectivity index (χ3v) is 7.86. The van der Waals surface area contributed by atoms with Gasteiger partial charge in [0, 0.05) is 25.8 Å². The van der Waals surface area contributed by atoms with Gasteiger partial charge in [0.15, 0.2) is 0 Å². The predicted molar refractivity (Wildman–Crippen MR) is 109 cm³/mol. The summed E-state index contributed by atoms with van der Waals surface area (Å²) >= 11 is 6.29. The maximum atomic E-state index is 13.3. The van der Waals surface area contributed by atoms with Crippen LogP contribution in [0.15, 0.2) is 36.5 Å². The van der Waals surface area contributed by atoms with Crippen LogP contribution in [-0.4, -0.2) is 44.2 Å². The maximum absolute atomic E-state index is 13.3. The molecule has 2 N–H and O–H groups in total. The van der Waals surface area contributed by atoms with Gasteiger partial charge in [-0.2, -0.15) is 0 Å². The number of hydrogen-bond donors (Lipinski definition) is 1. The molecule has 0 spiro atoms. The van der Waals surface area contributed by atoms with Gasteiger partial charge in [0.1, 0.15) is 5.82 Å². The number of para-hydroxylation sites is 1. The van der Waals surface area contributed by atoms with Crippen molar-refractivity contribution in [3.8, 4) is 0 Å². The lowest BCUT2D eigenvalue weighted by molar-refractivity contribution is 0.1000. The third kappa shape index (κ3) is 3.31. The van der Waals surface area contributed by atoms with Crippen LogP contribution in [0.4, 0.5) is 11.5 Å². The van der Waals surface area contributed by atoms with E-state index in [1.54, 1.807) is 4.31 Å². The minimum Gasteiger partial charge on any atom is -0.366 e. The van der Waals surface area contributed by atoms with Crippen molar-refractivity contribution in [1.82, 2.24) is 4.98 Å². The van der Waals surface area contributed by atoms with Crippen LogP contribution in [0.2, 0.25) is 5.02 Å². The molecule has 0 saturated carbocycles. The number of carbonyl (C=O) groups excluding carboxylic acids is 1. The maximum Gasteiger partial charge on any atom is 0.250 e. The van der Waals surface area contributed by atoms with Gasteiger partial charge < -0.3 is 10.6 Å². The number of rotatable bonds is 4. The summed E-state index contributed by atoms with van der Waals surface area (Å²) in [7, 11) is -3.50. The van der Waals surface area contributed by atoms with Crippen LogP contribution in [-0.2, 0) is 16.4 Å². The van der Waals surface area contributed by atoms with Crippen LogP contribution in [0.1, 0.15) is 28.8 Å². The Labute approximate surface area is 169 Å². The van der Waals surface area contributed by atoms with E-state index in [1.807, 2.05) is 29.2 Å². The lowest BCUT2D eigenvalue weighted by Crippen LogP contribution is -2.48. The van der Waals surface area contributed by atoms with E-state index in [0.29, 0.717) is 36.9 Å². The topological polar surface area (TPSA) is 96.6 Å². The molecular formula is C19H21ClN4O3S. The largest absolute Gasteiger partial charge is 0.366 e. The van der Waals surface area contributed by atoms with E-state index in [9.17, 15) is 13.2 Å². The van der Waals surface area contributed by atoms with Gasteiger partial charge in [-0.3, -0.25) is 9.10 Å². The summed E-state index contributed by atoms with van der Waals surface area (Å²) < 4.78 is 28.2. The molecule has 3 heterocycles. The molecule has 2 aliphatic rings. The molecule has 4 rings (SSSR count). The molecular weight excluding hydrogens is 400 g/mol. The number of hydrogen-bond acceptors (Lipinski definition) is 5. The first-order valence-corrected chi connectivity index (χ1v) is 11.1. The molecule has 1 atom stereocenters. The Morgan fingerprint density at radius 3 is 2.79 bits per heavy atom. The number of halogens is 1. The number of nitrogens with zero attached hydrogens (tertiary/aromatic N) is 3. The number of piperidine rings is 1. The van der Waals surface area contributed by atoms with E-state index in [1.165, 1.54) is 12.3 Å². The first-order valence-electron chi connectivity index (χ1n) is 9.17. The molecule has 7 nitrogen and oxygen atoms in total. The second kappa shape index (κ2) is 7.25. The number of carbonyl (C=O) groups is 1. The van der Waals surface area contributed by atoms with Crippen LogP contribution in [0.5, 0.6) is 0 Å². The number of fused-ring (bicyclic) bond motifs is 1. The third-order valence-electron chi connectivity index (χ3n) is 5.36. The second-order valence-corrected chi connectivity index (χ2v) is 9.64. The summed E-state index contributed by atoms with van der Waals surface area (Å²) in [5.74, 6) is -0.124. The van der Waals surface area contributed by atoms with Gasteiger partial charge in [-0.25, -0.2) is 13.4 Å². The molecule has 2 aliphatic heterocycles. The highest BCUT2D eigenvalue weighted by Crippen LogP contribution is 2.34. The van der Waals surface area contributed by atoms with Gasteiger partial charge in [-0.1, -0.05) is 29.8 Å². The van der Waals surface area contributed by atoms with Crippen molar-refractivity contribution in [3.05, 3.63) is 52.7 Å². The van der Waals surface area contributed by atoms with Crippen LogP contribution in [0.3, 0.4) is 0 Å². The van der Waals surface area contributed by atoms with E-state index >= 15 is 0 Å². The molecule has 28 heavy (non-hydrogen) atoms. The highest BCUT2D eigenvalue weighted by molar-refractivity contribution is 7.93. The zero-order valence-corrected chi connectivity index (χ0v) is 16.8. The molecule has 0 bridgehead atoms. The zero-order valence-electron chi connectivity index (χ0n) is 15.2. The first-order chi connectivity index (χ1) is 13.4. The first kappa shape index (κ1) is 19.0. The number of benzene rings is 1. The van der Waals surface area contributed by atoms with Crippen molar-refractivity contribution >= 4 is 39.0 Å². The van der Waals surface area contributed by atoms with Crippen LogP contribution in [0.25, 0.3) is 0 Å². The van der Waals surface area contributed by atoms with E-state index in [0.717, 1.165) is 24.1 Å². The fraction of sp³-hybridized carbons (Fsp3) is 0.368. The smallest absolute Gasteiger partial charge is 0.250 e. The van der Waals surface area contributed by atoms with E-state index in [2.05, 4.69) is 4.98 Å². The Kier molecular flexibility index (Phi) is 4.93. The molecule has 0 aliphatic carbocycles. The summed E-state index contributed by atoms with van der Waals surface area (Å²) in [6.07, 6.45) is 3.41. The Bertz CT molecular complexity index is 1030. The quantitative estimate of drug-likeness (QED) is 0.817. The summed E-state index contributed by atoms with van der Waals surface area (Å²) in [4.78, 5) is 17.4. The van der Waals surface area contributed by atoms with Crippen LogP contribution < -0.4 is 14.9 Å². The molecule has 1 aromatic carbocycles. The average molecular weight is 421 g/mol. The van der Waals surface area contributed by atoms with Crippen molar-refractivity contribution in [3.63, 3.8) is 0 Å². The number of nitrogens with two attached hydrogens (primary N) is 1. The van der Waals surface area contributed by atoms with E-state index < -0.39 is 21.2 Å². The van der Waals surface area contributed by atoms with Gasteiger partial charge in [-0.05, 0) is 37.0 Å². The number of aromatic nitrogens is 1. The molecule has 1 unspecified atom stereocenters. The minimum absolute atomic E-state index is 0.226. The Balaban J connectivity index is 1.58. The molecule has 9 heteroatoms. The summed E-state index contributed by atoms with van der Waals surface area (Å²) in [6.45, 7) is 1.44. The highest BCUT2D eigenvalue weighted by Gasteiger charge is 2.38. The highest BCUT2D eigenvalue weighted by atomic mass is 35.5. The number of pyridine rings is 1. The van der Waals surface area contributed by atoms with Crippen molar-refractivity contribution in [1.29, 1.82) is 0 Å². The SMILES string of the molecule is NC(=O)c1cnc(N2CCCC(S(=O)(=O)N3CCc4ccccc43)C2)c(Cl)c1. The predicted octanol–water partition coefficient (Wildman–Crippen LogP) is 2.20. The lowest BCUT2D eigenvalue weighted by Gasteiger charge is -2.36. The fourth-order valence-electron chi connectivity index (χ4n) is 3.92. The second-order valence-electron chi connectivity index (χ2n) is 7.10. The summed E-state index contributed by atoms with van der Waals surface area (Å²) in [6, 6.07) is 9.11. The van der Waals surface area contributed by atoms with E-state index in [4.69, 9.17) is 17.3 Å². The molecule has 1 amide bonds. The van der Waals surface area contributed by atoms with E-state index in [-0.39, 0.29) is 5.56 Å². The molecule has 148 valence electrons. The summed E-state index contributed by atoms with van der Waals surface area (Å²) in [5.41, 5.74) is 7.33. The van der Waals surface area contributed by atoms with Gasteiger partial charge in [0.05, 0.1) is 21.5 Å². The van der Waals surface area contributed by atoms with Crippen molar-refractivity contribution in [2.24, 2.45) is 5.73 Å². The number of anilines is 2. The molecule has 1 fully saturated rings. The van der Waals surface area contributed by atoms with Crippen LogP contribution >= 0.6 is 11.6 Å². The molecule has 1 saturated heterocycles. The standard InChI is InChI=1S/C19H21ClN4O3S/c20-16-10-14(18(21)25)11-22-19(16)23-8-3-5-15(12-23)28(26,27)24-9-7-13-4-1-2-6-17(13)24/h1-2,4,6,10-11,15H,3,5,7-9,12H2,(H2,21,25). The Morgan fingerprint density at radius 1 is 1.25 bits per heavy atom. The lowest BCUT2D eigenvalue weighted by atomic mass is 10.1. The molecule has 1 aromatic heterocycles. The number of primary amides is 1. The number of sulfonamides is 1. The van der Waals surface area contributed by atoms with Crippen molar-refractivity contribution in [2.45, 2.75) is 24.5 Å². The molecule has 0 radical (unpaired) electrons.